The van der Waals surface area contributed by atoms with Crippen molar-refractivity contribution in [3.63, 3.8) is 0 Å². The second-order valence-electron chi connectivity index (χ2n) is 6.74. The van der Waals surface area contributed by atoms with Crippen LogP contribution in [0.1, 0.15) is 30.4 Å². The molecule has 154 valence electrons. The number of hydrogen-bond acceptors (Lipinski definition) is 4. The maximum absolute atomic E-state index is 12.5. The molecular weight excluding hydrogens is 414 g/mol. The number of sulfonamides is 1. The van der Waals surface area contributed by atoms with E-state index in [-0.39, 0.29) is 36.2 Å². The molecular formula is C20H22ClN3O4S. The first kappa shape index (κ1) is 21.3. The maximum atomic E-state index is 12.5. The van der Waals surface area contributed by atoms with Crippen molar-refractivity contribution in [1.29, 1.82) is 0 Å². The molecule has 9 heteroatoms. The summed E-state index contributed by atoms with van der Waals surface area (Å²) in [5.41, 5.74) is 2.22. The fraction of sp³-hybridized carbons (Fsp3) is 0.300. The van der Waals surface area contributed by atoms with E-state index in [2.05, 4.69) is 15.4 Å². The number of carbonyl (C=O) groups is 2. The molecule has 2 aromatic rings. The van der Waals surface area contributed by atoms with Crippen molar-refractivity contribution in [2.45, 2.75) is 37.1 Å². The zero-order valence-electron chi connectivity index (χ0n) is 15.7. The first-order valence-electron chi connectivity index (χ1n) is 9.28. The summed E-state index contributed by atoms with van der Waals surface area (Å²) >= 11 is 6.04. The molecule has 7 nitrogen and oxygen atoms in total. The van der Waals surface area contributed by atoms with Crippen LogP contribution in [0.15, 0.2) is 47.4 Å². The number of benzene rings is 2. The van der Waals surface area contributed by atoms with Gasteiger partial charge in [-0.25, -0.2) is 13.1 Å². The highest BCUT2D eigenvalue weighted by atomic mass is 35.5. The summed E-state index contributed by atoms with van der Waals surface area (Å²) in [6.07, 6.45) is 1.71. The van der Waals surface area contributed by atoms with Crippen LogP contribution in [-0.2, 0) is 32.6 Å². The lowest BCUT2D eigenvalue weighted by Crippen LogP contribution is -2.30. The molecule has 0 aromatic heterocycles. The topological polar surface area (TPSA) is 104 Å². The molecule has 3 N–H and O–H groups in total. The molecule has 0 atom stereocenters. The molecule has 0 radical (unpaired) electrons. The van der Waals surface area contributed by atoms with Gasteiger partial charge >= 0.3 is 0 Å². The summed E-state index contributed by atoms with van der Waals surface area (Å²) in [5.74, 6) is -0.349. The number of nitrogens with one attached hydrogen (secondary N) is 3. The standard InChI is InChI=1S/C20H22ClN3O4S/c21-17-6-2-1-4-15(17)13-22-19(25)10-11-23-29(27,28)16-8-9-18-14(12-16)5-3-7-20(26)24-18/h1-2,4,6,8-9,12,23H,3,5,7,10-11,13H2,(H,22,25)(H,24,26). The molecule has 0 unspecified atom stereocenters. The van der Waals surface area contributed by atoms with E-state index in [1.54, 1.807) is 24.3 Å². The van der Waals surface area contributed by atoms with E-state index < -0.39 is 10.0 Å². The monoisotopic (exact) mass is 435 g/mol. The molecule has 1 aliphatic rings. The maximum Gasteiger partial charge on any atom is 0.240 e. The largest absolute Gasteiger partial charge is 0.352 e. The first-order valence-corrected chi connectivity index (χ1v) is 11.1. The van der Waals surface area contributed by atoms with E-state index >= 15 is 0 Å². The van der Waals surface area contributed by atoms with Crippen molar-refractivity contribution < 1.29 is 18.0 Å². The van der Waals surface area contributed by atoms with Crippen LogP contribution in [-0.4, -0.2) is 26.8 Å². The molecule has 0 bridgehead atoms. The number of carbonyl (C=O) groups excluding carboxylic acids is 2. The van der Waals surface area contributed by atoms with Crippen LogP contribution in [0.5, 0.6) is 0 Å². The molecule has 29 heavy (non-hydrogen) atoms. The number of aryl methyl sites for hydroxylation is 1. The van der Waals surface area contributed by atoms with Gasteiger partial charge in [-0.1, -0.05) is 29.8 Å². The summed E-state index contributed by atoms with van der Waals surface area (Å²) in [6, 6.07) is 11.8. The number of halogens is 1. The Morgan fingerprint density at radius 2 is 1.93 bits per heavy atom. The quantitative estimate of drug-likeness (QED) is 0.621. The van der Waals surface area contributed by atoms with E-state index in [0.717, 1.165) is 11.1 Å². The zero-order valence-corrected chi connectivity index (χ0v) is 17.3. The third-order valence-corrected chi connectivity index (χ3v) is 6.42. The van der Waals surface area contributed by atoms with Gasteiger partial charge in [-0.05, 0) is 48.2 Å². The van der Waals surface area contributed by atoms with Gasteiger partial charge in [0.25, 0.3) is 0 Å². The van der Waals surface area contributed by atoms with Crippen molar-refractivity contribution in [3.05, 3.63) is 58.6 Å². The van der Waals surface area contributed by atoms with Crippen molar-refractivity contribution in [2.24, 2.45) is 0 Å². The van der Waals surface area contributed by atoms with Crippen LogP contribution >= 0.6 is 11.6 Å². The van der Waals surface area contributed by atoms with E-state index in [9.17, 15) is 18.0 Å². The summed E-state index contributed by atoms with van der Waals surface area (Å²) in [7, 11) is -3.75. The van der Waals surface area contributed by atoms with Gasteiger partial charge < -0.3 is 10.6 Å². The lowest BCUT2D eigenvalue weighted by molar-refractivity contribution is -0.121. The fourth-order valence-corrected chi connectivity index (χ4v) is 4.31. The Labute approximate surface area is 174 Å². The molecule has 2 amide bonds. The van der Waals surface area contributed by atoms with Crippen LogP contribution in [0.3, 0.4) is 0 Å². The summed E-state index contributed by atoms with van der Waals surface area (Å²) in [6.45, 7) is 0.256. The van der Waals surface area contributed by atoms with Gasteiger partial charge in [-0.3, -0.25) is 9.59 Å². The van der Waals surface area contributed by atoms with Crippen molar-refractivity contribution in [1.82, 2.24) is 10.0 Å². The minimum atomic E-state index is -3.75. The van der Waals surface area contributed by atoms with Gasteiger partial charge in [0.1, 0.15) is 0 Å². The van der Waals surface area contributed by atoms with Gasteiger partial charge in [0.05, 0.1) is 4.90 Å². The predicted molar refractivity (Wildman–Crippen MR) is 111 cm³/mol. The van der Waals surface area contributed by atoms with Crippen molar-refractivity contribution in [2.75, 3.05) is 11.9 Å². The molecule has 2 aromatic carbocycles. The van der Waals surface area contributed by atoms with E-state index in [0.29, 0.717) is 30.0 Å². The minimum Gasteiger partial charge on any atom is -0.352 e. The molecule has 1 heterocycles. The second kappa shape index (κ2) is 9.39. The van der Waals surface area contributed by atoms with Crippen LogP contribution in [0.2, 0.25) is 5.02 Å². The average molecular weight is 436 g/mol. The molecule has 0 aliphatic carbocycles. The van der Waals surface area contributed by atoms with Gasteiger partial charge in [0.2, 0.25) is 21.8 Å². The first-order chi connectivity index (χ1) is 13.8. The van der Waals surface area contributed by atoms with Gasteiger partial charge in [0, 0.05) is 36.6 Å². The Morgan fingerprint density at radius 3 is 2.72 bits per heavy atom. The highest BCUT2D eigenvalue weighted by molar-refractivity contribution is 7.89. The molecule has 3 rings (SSSR count). The molecule has 1 aliphatic heterocycles. The third kappa shape index (κ3) is 5.79. The molecule has 0 spiro atoms. The highest BCUT2D eigenvalue weighted by Gasteiger charge is 2.19. The molecule has 0 saturated heterocycles. The van der Waals surface area contributed by atoms with Crippen LogP contribution in [0.4, 0.5) is 5.69 Å². The Bertz CT molecular complexity index is 1020. The highest BCUT2D eigenvalue weighted by Crippen LogP contribution is 2.25. The van der Waals surface area contributed by atoms with Crippen molar-refractivity contribution >= 4 is 39.1 Å². The van der Waals surface area contributed by atoms with Gasteiger partial charge in [-0.2, -0.15) is 0 Å². The smallest absolute Gasteiger partial charge is 0.240 e. The summed E-state index contributed by atoms with van der Waals surface area (Å²) < 4.78 is 27.5. The number of rotatable bonds is 7. The number of anilines is 1. The van der Waals surface area contributed by atoms with Crippen LogP contribution in [0, 0.1) is 0 Å². The average Bonchev–Trinajstić information content (AvgIpc) is 2.87. The third-order valence-electron chi connectivity index (χ3n) is 4.59. The number of amides is 2. The Morgan fingerprint density at radius 1 is 1.14 bits per heavy atom. The zero-order chi connectivity index (χ0) is 20.9. The van der Waals surface area contributed by atoms with Gasteiger partial charge in [-0.15, -0.1) is 0 Å². The number of fused-ring (bicyclic) bond motifs is 1. The Kier molecular flexibility index (Phi) is 6.89. The minimum absolute atomic E-state index is 0.00464. The lowest BCUT2D eigenvalue weighted by Gasteiger charge is -2.11. The molecule has 0 saturated carbocycles. The van der Waals surface area contributed by atoms with E-state index in [1.165, 1.54) is 6.07 Å². The fourth-order valence-electron chi connectivity index (χ4n) is 3.02. The lowest BCUT2D eigenvalue weighted by atomic mass is 10.1. The Hall–Kier alpha value is -2.42. The SMILES string of the molecule is O=C(CCNS(=O)(=O)c1ccc2c(c1)CCCC(=O)N2)NCc1ccccc1Cl. The van der Waals surface area contributed by atoms with E-state index in [4.69, 9.17) is 11.6 Å². The normalized spacial score (nSPS) is 13.9. The number of hydrogen-bond donors (Lipinski definition) is 3. The van der Waals surface area contributed by atoms with Crippen LogP contribution in [0.25, 0.3) is 0 Å². The van der Waals surface area contributed by atoms with E-state index in [1.807, 2.05) is 12.1 Å². The van der Waals surface area contributed by atoms with Gasteiger partial charge in [0.15, 0.2) is 0 Å². The van der Waals surface area contributed by atoms with Crippen molar-refractivity contribution in [3.8, 4) is 0 Å². The summed E-state index contributed by atoms with van der Waals surface area (Å²) in [4.78, 5) is 23.7. The van der Waals surface area contributed by atoms with Crippen LogP contribution < -0.4 is 15.4 Å². The predicted octanol–water partition coefficient (Wildman–Crippen LogP) is 2.60. The Balaban J connectivity index is 1.53. The second-order valence-corrected chi connectivity index (χ2v) is 8.91. The summed E-state index contributed by atoms with van der Waals surface area (Å²) in [5, 5.41) is 6.06. The molecule has 0 fully saturated rings.